The smallest absolute Gasteiger partial charge is 0.262 e. The molecular formula is C19H25NO5S. The molecule has 2 aromatic carbocycles. The Morgan fingerprint density at radius 1 is 0.769 bits per heavy atom. The molecular weight excluding hydrogens is 354 g/mol. The largest absolute Gasteiger partial charge is 0.493 e. The van der Waals surface area contributed by atoms with Gasteiger partial charge in [0.25, 0.3) is 10.0 Å². The fraction of sp³-hybridized carbons (Fsp3) is 0.368. The van der Waals surface area contributed by atoms with Crippen molar-refractivity contribution in [1.82, 2.24) is 0 Å². The third-order valence-electron chi connectivity index (χ3n) is 4.48. The summed E-state index contributed by atoms with van der Waals surface area (Å²) in [5.74, 6) is 1.15. The van der Waals surface area contributed by atoms with Crippen LogP contribution in [0.3, 0.4) is 0 Å². The van der Waals surface area contributed by atoms with Crippen LogP contribution in [0.15, 0.2) is 23.1 Å². The van der Waals surface area contributed by atoms with Crippen molar-refractivity contribution in [1.29, 1.82) is 0 Å². The number of aryl methyl sites for hydroxylation is 2. The zero-order valence-electron chi connectivity index (χ0n) is 16.2. The molecule has 0 spiro atoms. The SMILES string of the molecule is COc1cc(NS(=O)(=O)c2c(C)c(C)cc(C)c2C)cc(OC)c1OC. The van der Waals surface area contributed by atoms with Crippen LogP contribution in [-0.4, -0.2) is 29.7 Å². The van der Waals surface area contributed by atoms with Crippen LogP contribution in [0.4, 0.5) is 5.69 Å². The molecule has 0 unspecified atom stereocenters. The zero-order chi connectivity index (χ0) is 19.6. The minimum Gasteiger partial charge on any atom is -0.493 e. The second-order valence-corrected chi connectivity index (χ2v) is 7.73. The fourth-order valence-electron chi connectivity index (χ4n) is 2.93. The van der Waals surface area contributed by atoms with E-state index in [2.05, 4.69) is 4.72 Å². The lowest BCUT2D eigenvalue weighted by Crippen LogP contribution is -2.17. The Balaban J connectivity index is 2.58. The van der Waals surface area contributed by atoms with E-state index in [1.165, 1.54) is 21.3 Å². The first-order valence-corrected chi connectivity index (χ1v) is 9.54. The molecule has 6 nitrogen and oxygen atoms in total. The summed E-state index contributed by atoms with van der Waals surface area (Å²) in [6.07, 6.45) is 0. The van der Waals surface area contributed by atoms with Crippen molar-refractivity contribution in [2.75, 3.05) is 26.1 Å². The summed E-state index contributed by atoms with van der Waals surface area (Å²) in [6, 6.07) is 5.11. The van der Waals surface area contributed by atoms with Crippen LogP contribution in [0.1, 0.15) is 22.3 Å². The molecule has 0 radical (unpaired) electrons. The molecule has 2 rings (SSSR count). The molecule has 0 atom stereocenters. The first-order chi connectivity index (χ1) is 12.2. The highest BCUT2D eigenvalue weighted by Gasteiger charge is 2.23. The average molecular weight is 379 g/mol. The van der Waals surface area contributed by atoms with Gasteiger partial charge >= 0.3 is 0 Å². The lowest BCUT2D eigenvalue weighted by atomic mass is 10.0. The molecule has 0 amide bonds. The maximum atomic E-state index is 13.1. The van der Waals surface area contributed by atoms with Crippen molar-refractivity contribution < 1.29 is 22.6 Å². The highest BCUT2D eigenvalue weighted by Crippen LogP contribution is 2.40. The molecule has 2 aromatic rings. The van der Waals surface area contributed by atoms with Gasteiger partial charge in [-0.05, 0) is 49.9 Å². The highest BCUT2D eigenvalue weighted by molar-refractivity contribution is 7.92. The van der Waals surface area contributed by atoms with Gasteiger partial charge in [-0.25, -0.2) is 8.42 Å². The number of ether oxygens (including phenoxy) is 3. The van der Waals surface area contributed by atoms with Crippen LogP contribution in [0.25, 0.3) is 0 Å². The van der Waals surface area contributed by atoms with Gasteiger partial charge in [0.05, 0.1) is 31.9 Å². The molecule has 0 heterocycles. The van der Waals surface area contributed by atoms with Crippen molar-refractivity contribution in [3.8, 4) is 17.2 Å². The van der Waals surface area contributed by atoms with Gasteiger partial charge in [-0.2, -0.15) is 0 Å². The van der Waals surface area contributed by atoms with E-state index >= 15 is 0 Å². The van der Waals surface area contributed by atoms with E-state index in [-0.39, 0.29) is 0 Å². The minimum absolute atomic E-state index is 0.295. The van der Waals surface area contributed by atoms with Gasteiger partial charge in [-0.1, -0.05) is 6.07 Å². The van der Waals surface area contributed by atoms with E-state index in [0.717, 1.165) is 22.3 Å². The number of anilines is 1. The van der Waals surface area contributed by atoms with Crippen LogP contribution in [0.5, 0.6) is 17.2 Å². The Kier molecular flexibility index (Phi) is 5.71. The number of hydrogen-bond donors (Lipinski definition) is 1. The minimum atomic E-state index is -3.79. The third kappa shape index (κ3) is 3.58. The van der Waals surface area contributed by atoms with E-state index in [1.54, 1.807) is 12.1 Å². The summed E-state index contributed by atoms with van der Waals surface area (Å²) in [5, 5.41) is 0. The second-order valence-electron chi connectivity index (χ2n) is 6.11. The summed E-state index contributed by atoms with van der Waals surface area (Å²) in [5.41, 5.74) is 3.65. The molecule has 142 valence electrons. The van der Waals surface area contributed by atoms with Gasteiger partial charge in [0.15, 0.2) is 11.5 Å². The number of nitrogens with one attached hydrogen (secondary N) is 1. The van der Waals surface area contributed by atoms with Gasteiger partial charge in [0.2, 0.25) is 5.75 Å². The van der Waals surface area contributed by atoms with Crippen molar-refractivity contribution in [3.05, 3.63) is 40.5 Å². The summed E-state index contributed by atoms with van der Waals surface area (Å²) >= 11 is 0. The van der Waals surface area contributed by atoms with Crippen molar-refractivity contribution in [2.45, 2.75) is 32.6 Å². The maximum absolute atomic E-state index is 13.1. The van der Waals surface area contributed by atoms with Crippen molar-refractivity contribution in [3.63, 3.8) is 0 Å². The number of methoxy groups -OCH3 is 3. The summed E-state index contributed by atoms with van der Waals surface area (Å²) < 4.78 is 44.6. The fourth-order valence-corrected chi connectivity index (χ4v) is 4.59. The lowest BCUT2D eigenvalue weighted by molar-refractivity contribution is 0.325. The standard InChI is InChI=1S/C19H25NO5S/c1-11-8-12(2)14(4)19(13(11)3)26(21,22)20-15-9-16(23-5)18(25-7)17(10-15)24-6/h8-10,20H,1-7H3. The monoisotopic (exact) mass is 379 g/mol. The molecule has 0 fully saturated rings. The van der Waals surface area contributed by atoms with Crippen LogP contribution >= 0.6 is 0 Å². The molecule has 1 N–H and O–H groups in total. The Bertz CT molecular complexity index is 884. The van der Waals surface area contributed by atoms with Gasteiger partial charge in [0, 0.05) is 12.1 Å². The molecule has 0 bridgehead atoms. The molecule has 0 saturated heterocycles. The molecule has 0 saturated carbocycles. The van der Waals surface area contributed by atoms with Gasteiger partial charge in [0.1, 0.15) is 0 Å². The molecule has 0 aliphatic heterocycles. The van der Waals surface area contributed by atoms with Gasteiger partial charge in [-0.15, -0.1) is 0 Å². The predicted molar refractivity (Wildman–Crippen MR) is 102 cm³/mol. The molecule has 0 aliphatic carbocycles. The molecule has 0 aromatic heterocycles. The Labute approximate surface area is 155 Å². The van der Waals surface area contributed by atoms with Crippen LogP contribution in [0, 0.1) is 27.7 Å². The number of benzene rings is 2. The van der Waals surface area contributed by atoms with E-state index in [1.807, 2.05) is 33.8 Å². The Morgan fingerprint density at radius 2 is 1.23 bits per heavy atom. The lowest BCUT2D eigenvalue weighted by Gasteiger charge is -2.18. The van der Waals surface area contributed by atoms with Crippen molar-refractivity contribution >= 4 is 15.7 Å². The van der Waals surface area contributed by atoms with E-state index in [4.69, 9.17) is 14.2 Å². The number of hydrogen-bond acceptors (Lipinski definition) is 5. The first kappa shape index (κ1) is 19.9. The van der Waals surface area contributed by atoms with E-state index < -0.39 is 10.0 Å². The molecule has 7 heteroatoms. The molecule has 26 heavy (non-hydrogen) atoms. The van der Waals surface area contributed by atoms with Crippen LogP contribution in [-0.2, 0) is 10.0 Å². The maximum Gasteiger partial charge on any atom is 0.262 e. The number of sulfonamides is 1. The summed E-state index contributed by atoms with van der Waals surface area (Å²) in [4.78, 5) is 0.295. The predicted octanol–water partition coefficient (Wildman–Crippen LogP) is 3.75. The van der Waals surface area contributed by atoms with Crippen molar-refractivity contribution in [2.24, 2.45) is 0 Å². The zero-order valence-corrected chi connectivity index (χ0v) is 17.0. The second kappa shape index (κ2) is 7.45. The average Bonchev–Trinajstić information content (AvgIpc) is 2.58. The van der Waals surface area contributed by atoms with Gasteiger partial charge in [-0.3, -0.25) is 4.72 Å². The normalized spacial score (nSPS) is 11.2. The van der Waals surface area contributed by atoms with Gasteiger partial charge < -0.3 is 14.2 Å². The Morgan fingerprint density at radius 3 is 1.62 bits per heavy atom. The van der Waals surface area contributed by atoms with Crippen LogP contribution < -0.4 is 18.9 Å². The van der Waals surface area contributed by atoms with E-state index in [0.29, 0.717) is 27.8 Å². The van der Waals surface area contributed by atoms with Crippen LogP contribution in [0.2, 0.25) is 0 Å². The summed E-state index contributed by atoms with van der Waals surface area (Å²) in [7, 11) is 0.661. The number of rotatable bonds is 6. The highest BCUT2D eigenvalue weighted by atomic mass is 32.2. The third-order valence-corrected chi connectivity index (χ3v) is 6.14. The quantitative estimate of drug-likeness (QED) is 0.827. The topological polar surface area (TPSA) is 73.9 Å². The van der Waals surface area contributed by atoms with E-state index in [9.17, 15) is 8.42 Å². The Hall–Kier alpha value is -2.41. The molecule has 0 aliphatic rings. The summed E-state index contributed by atoms with van der Waals surface area (Å²) in [6.45, 7) is 7.43. The first-order valence-electron chi connectivity index (χ1n) is 8.06.